The fourth-order valence-corrected chi connectivity index (χ4v) is 3.62. The van der Waals surface area contributed by atoms with Crippen LogP contribution in [0.25, 0.3) is 0 Å². The van der Waals surface area contributed by atoms with E-state index in [0.29, 0.717) is 16.5 Å². The monoisotopic (exact) mass is 425 g/mol. The number of hydrogen-bond donors (Lipinski definition) is 1. The largest absolute Gasteiger partial charge is 0.480 e. The van der Waals surface area contributed by atoms with Gasteiger partial charge in [-0.25, -0.2) is 4.39 Å². The highest BCUT2D eigenvalue weighted by Crippen LogP contribution is 2.30. The van der Waals surface area contributed by atoms with E-state index in [1.165, 1.54) is 6.07 Å². The molecule has 1 N–H and O–H groups in total. The second kappa shape index (κ2) is 7.53. The summed E-state index contributed by atoms with van der Waals surface area (Å²) in [7, 11) is 0. The zero-order valence-corrected chi connectivity index (χ0v) is 15.9. The Morgan fingerprint density at radius 1 is 1.07 bits per heavy atom. The molecule has 136 valence electrons. The van der Waals surface area contributed by atoms with Gasteiger partial charge in [0.1, 0.15) is 11.6 Å². The lowest BCUT2D eigenvalue weighted by Gasteiger charge is -2.22. The van der Waals surface area contributed by atoms with Gasteiger partial charge in [0.05, 0.1) is 6.04 Å². The highest BCUT2D eigenvalue weighted by atomic mass is 79.9. The van der Waals surface area contributed by atoms with Crippen LogP contribution in [0.4, 0.5) is 4.39 Å². The average molecular weight is 426 g/mol. The molecule has 3 aromatic carbocycles. The number of rotatable bonds is 4. The second-order valence-electron chi connectivity index (χ2n) is 6.44. The highest BCUT2D eigenvalue weighted by molar-refractivity contribution is 9.10. The van der Waals surface area contributed by atoms with Gasteiger partial charge in [0.2, 0.25) is 0 Å². The zero-order chi connectivity index (χ0) is 18.8. The Balaban J connectivity index is 1.61. The van der Waals surface area contributed by atoms with E-state index in [1.807, 2.05) is 54.6 Å². The summed E-state index contributed by atoms with van der Waals surface area (Å²) in [6, 6.07) is 21.2. The number of benzene rings is 3. The number of halogens is 2. The molecule has 0 unspecified atom stereocenters. The molecule has 27 heavy (non-hydrogen) atoms. The van der Waals surface area contributed by atoms with E-state index in [4.69, 9.17) is 4.74 Å². The summed E-state index contributed by atoms with van der Waals surface area (Å²) in [6.45, 7) is 0. The maximum atomic E-state index is 14.6. The first-order valence-corrected chi connectivity index (χ1v) is 9.46. The Bertz CT molecular complexity index is 952. The minimum Gasteiger partial charge on any atom is -0.480 e. The first-order valence-electron chi connectivity index (χ1n) is 8.66. The number of nitrogens with one attached hydrogen (secondary N) is 1. The van der Waals surface area contributed by atoms with Crippen LogP contribution in [-0.2, 0) is 11.2 Å². The first-order chi connectivity index (χ1) is 13.1. The molecule has 4 rings (SSSR count). The summed E-state index contributed by atoms with van der Waals surface area (Å²) in [5.74, 6) is 0.0836. The van der Waals surface area contributed by atoms with Crippen LogP contribution in [0.1, 0.15) is 22.7 Å². The molecule has 0 fully saturated rings. The van der Waals surface area contributed by atoms with E-state index in [2.05, 4.69) is 21.2 Å². The Hall–Kier alpha value is -2.66. The fourth-order valence-electron chi connectivity index (χ4n) is 3.29. The Labute approximate surface area is 165 Å². The van der Waals surface area contributed by atoms with Crippen molar-refractivity contribution in [1.82, 2.24) is 5.32 Å². The van der Waals surface area contributed by atoms with E-state index in [9.17, 15) is 9.18 Å². The lowest BCUT2D eigenvalue weighted by molar-refractivity contribution is -0.127. The Kier molecular flexibility index (Phi) is 4.94. The van der Waals surface area contributed by atoms with Crippen LogP contribution in [-0.4, -0.2) is 12.0 Å². The zero-order valence-electron chi connectivity index (χ0n) is 14.4. The van der Waals surface area contributed by atoms with Crippen LogP contribution in [0.15, 0.2) is 77.3 Å². The van der Waals surface area contributed by atoms with Crippen molar-refractivity contribution in [2.24, 2.45) is 0 Å². The van der Waals surface area contributed by atoms with Crippen molar-refractivity contribution in [1.29, 1.82) is 0 Å². The number of fused-ring (bicyclic) bond motifs is 1. The van der Waals surface area contributed by atoms with Crippen molar-refractivity contribution in [3.05, 3.63) is 99.8 Å². The fraction of sp³-hybridized carbons (Fsp3) is 0.136. The van der Waals surface area contributed by atoms with E-state index >= 15 is 0 Å². The van der Waals surface area contributed by atoms with Crippen LogP contribution >= 0.6 is 15.9 Å². The molecule has 1 aliphatic rings. The molecule has 2 atom stereocenters. The number of carbonyl (C=O) groups is 1. The number of hydrogen-bond acceptors (Lipinski definition) is 2. The molecule has 1 amide bonds. The summed E-state index contributed by atoms with van der Waals surface area (Å²) in [4.78, 5) is 12.9. The Morgan fingerprint density at radius 2 is 1.81 bits per heavy atom. The second-order valence-corrected chi connectivity index (χ2v) is 7.35. The van der Waals surface area contributed by atoms with Crippen LogP contribution in [0.3, 0.4) is 0 Å². The molecule has 3 nitrogen and oxygen atoms in total. The normalized spacial score (nSPS) is 16.3. The van der Waals surface area contributed by atoms with Gasteiger partial charge in [-0.3, -0.25) is 4.79 Å². The molecule has 0 aromatic heterocycles. The SMILES string of the molecule is O=C(N[C@H](c1ccccc1)c1ccc(Br)cc1F)[C@H]1Cc2ccccc2O1. The average Bonchev–Trinajstić information content (AvgIpc) is 3.12. The van der Waals surface area contributed by atoms with Crippen molar-refractivity contribution in [3.8, 4) is 5.75 Å². The summed E-state index contributed by atoms with van der Waals surface area (Å²) in [5.41, 5.74) is 2.22. The molecule has 1 heterocycles. The van der Waals surface area contributed by atoms with Crippen molar-refractivity contribution in [2.45, 2.75) is 18.6 Å². The molecule has 0 bridgehead atoms. The van der Waals surface area contributed by atoms with E-state index in [-0.39, 0.29) is 11.7 Å². The third-order valence-electron chi connectivity index (χ3n) is 4.63. The van der Waals surface area contributed by atoms with Gasteiger partial charge in [-0.1, -0.05) is 70.5 Å². The summed E-state index contributed by atoms with van der Waals surface area (Å²) in [6.07, 6.45) is -0.112. The highest BCUT2D eigenvalue weighted by Gasteiger charge is 2.31. The molecule has 1 aliphatic heterocycles. The third-order valence-corrected chi connectivity index (χ3v) is 5.13. The molecule has 0 saturated carbocycles. The van der Waals surface area contributed by atoms with Gasteiger partial charge in [-0.05, 0) is 29.3 Å². The molecular formula is C22H17BrFNO2. The molecule has 0 radical (unpaired) electrons. The summed E-state index contributed by atoms with van der Waals surface area (Å²) < 4.78 is 21.0. The van der Waals surface area contributed by atoms with Gasteiger partial charge in [-0.15, -0.1) is 0 Å². The topological polar surface area (TPSA) is 38.3 Å². The van der Waals surface area contributed by atoms with Crippen molar-refractivity contribution >= 4 is 21.8 Å². The molecule has 0 saturated heterocycles. The van der Waals surface area contributed by atoms with Crippen LogP contribution in [0.5, 0.6) is 5.75 Å². The third kappa shape index (κ3) is 3.74. The number of carbonyl (C=O) groups excluding carboxylic acids is 1. The maximum Gasteiger partial charge on any atom is 0.262 e. The summed E-state index contributed by atoms with van der Waals surface area (Å²) >= 11 is 3.28. The quantitative estimate of drug-likeness (QED) is 0.651. The molecule has 0 spiro atoms. The summed E-state index contributed by atoms with van der Waals surface area (Å²) in [5, 5.41) is 2.97. The maximum absolute atomic E-state index is 14.6. The molecular weight excluding hydrogens is 409 g/mol. The van der Waals surface area contributed by atoms with Gasteiger partial charge in [-0.2, -0.15) is 0 Å². The predicted molar refractivity (Wildman–Crippen MR) is 105 cm³/mol. The van der Waals surface area contributed by atoms with E-state index in [0.717, 1.165) is 16.9 Å². The number of para-hydroxylation sites is 1. The number of ether oxygens (including phenoxy) is 1. The molecule has 0 aliphatic carbocycles. The Morgan fingerprint density at radius 3 is 2.56 bits per heavy atom. The minimum atomic E-state index is -0.618. The van der Waals surface area contributed by atoms with Gasteiger partial charge in [0.25, 0.3) is 5.91 Å². The minimum absolute atomic E-state index is 0.262. The van der Waals surface area contributed by atoms with Crippen LogP contribution in [0.2, 0.25) is 0 Å². The lowest BCUT2D eigenvalue weighted by atomic mass is 9.97. The van der Waals surface area contributed by atoms with E-state index in [1.54, 1.807) is 12.1 Å². The van der Waals surface area contributed by atoms with Crippen LogP contribution < -0.4 is 10.1 Å². The van der Waals surface area contributed by atoms with Crippen molar-refractivity contribution in [2.75, 3.05) is 0 Å². The van der Waals surface area contributed by atoms with Gasteiger partial charge < -0.3 is 10.1 Å². The first kappa shape index (κ1) is 17.7. The number of amides is 1. The molecule has 5 heteroatoms. The standard InChI is InChI=1S/C22H17BrFNO2/c23-16-10-11-17(18(24)13-16)21(14-6-2-1-3-7-14)25-22(26)20-12-15-8-4-5-9-19(15)27-20/h1-11,13,20-21H,12H2,(H,25,26)/t20-,21-/m1/s1. The van der Waals surface area contributed by atoms with Gasteiger partial charge in [0.15, 0.2) is 6.10 Å². The van der Waals surface area contributed by atoms with Gasteiger partial charge in [0, 0.05) is 16.5 Å². The lowest BCUT2D eigenvalue weighted by Crippen LogP contribution is -2.40. The predicted octanol–water partition coefficient (Wildman–Crippen LogP) is 4.80. The van der Waals surface area contributed by atoms with Crippen LogP contribution in [0, 0.1) is 5.82 Å². The smallest absolute Gasteiger partial charge is 0.262 e. The van der Waals surface area contributed by atoms with Crippen molar-refractivity contribution in [3.63, 3.8) is 0 Å². The molecule has 3 aromatic rings. The van der Waals surface area contributed by atoms with E-state index < -0.39 is 12.1 Å². The van der Waals surface area contributed by atoms with Gasteiger partial charge >= 0.3 is 0 Å². The van der Waals surface area contributed by atoms with Crippen molar-refractivity contribution < 1.29 is 13.9 Å².